The van der Waals surface area contributed by atoms with Crippen molar-refractivity contribution in [1.82, 2.24) is 10.2 Å². The fourth-order valence-corrected chi connectivity index (χ4v) is 3.67. The maximum absolute atomic E-state index is 12.8. The van der Waals surface area contributed by atoms with Gasteiger partial charge in [-0.05, 0) is 25.2 Å². The topological polar surface area (TPSA) is 58.6 Å². The van der Waals surface area contributed by atoms with Crippen LogP contribution in [-0.2, 0) is 14.3 Å². The molecular formula is C15H24N2O3. The fourth-order valence-electron chi connectivity index (χ4n) is 3.67. The molecule has 3 unspecified atom stereocenters. The van der Waals surface area contributed by atoms with Gasteiger partial charge in [-0.15, -0.1) is 0 Å². The van der Waals surface area contributed by atoms with Crippen LogP contribution in [0.2, 0.25) is 0 Å². The Morgan fingerprint density at radius 2 is 2.00 bits per heavy atom. The Kier molecular flexibility index (Phi) is 3.27. The number of amides is 2. The van der Waals surface area contributed by atoms with Gasteiger partial charge in [-0.25, -0.2) is 0 Å². The SMILES string of the molecule is COC1CC(N2CCC(=O)NC(C3CC3)C2=O)C1(C)C. The lowest BCUT2D eigenvalue weighted by atomic mass is 9.63. The second kappa shape index (κ2) is 4.72. The van der Waals surface area contributed by atoms with Crippen LogP contribution in [0.3, 0.4) is 0 Å². The first-order valence-electron chi connectivity index (χ1n) is 7.57. The van der Waals surface area contributed by atoms with Crippen molar-refractivity contribution in [1.29, 1.82) is 0 Å². The van der Waals surface area contributed by atoms with Crippen molar-refractivity contribution >= 4 is 11.8 Å². The first-order chi connectivity index (χ1) is 9.45. The molecule has 2 aliphatic carbocycles. The van der Waals surface area contributed by atoms with Crippen LogP contribution in [0.25, 0.3) is 0 Å². The van der Waals surface area contributed by atoms with Gasteiger partial charge in [-0.1, -0.05) is 13.8 Å². The molecule has 3 aliphatic rings. The number of nitrogens with zero attached hydrogens (tertiary/aromatic N) is 1. The van der Waals surface area contributed by atoms with E-state index in [4.69, 9.17) is 4.74 Å². The number of hydrogen-bond donors (Lipinski definition) is 1. The molecule has 0 radical (unpaired) electrons. The zero-order valence-electron chi connectivity index (χ0n) is 12.5. The smallest absolute Gasteiger partial charge is 0.245 e. The Bertz CT molecular complexity index is 431. The highest BCUT2D eigenvalue weighted by atomic mass is 16.5. The highest BCUT2D eigenvalue weighted by Gasteiger charge is 2.54. The molecule has 0 aromatic carbocycles. The molecule has 1 heterocycles. The van der Waals surface area contributed by atoms with E-state index in [0.717, 1.165) is 19.3 Å². The van der Waals surface area contributed by atoms with Gasteiger partial charge >= 0.3 is 0 Å². The van der Waals surface area contributed by atoms with E-state index < -0.39 is 0 Å². The quantitative estimate of drug-likeness (QED) is 0.836. The molecule has 20 heavy (non-hydrogen) atoms. The molecular weight excluding hydrogens is 256 g/mol. The third kappa shape index (κ3) is 2.12. The van der Waals surface area contributed by atoms with Gasteiger partial charge in [0, 0.05) is 31.5 Å². The molecule has 5 nitrogen and oxygen atoms in total. The van der Waals surface area contributed by atoms with E-state index in [0.29, 0.717) is 18.9 Å². The number of ether oxygens (including phenoxy) is 1. The third-order valence-corrected chi connectivity index (χ3v) is 5.33. The Hall–Kier alpha value is -1.10. The lowest BCUT2D eigenvalue weighted by Gasteiger charge is -2.55. The lowest BCUT2D eigenvalue weighted by Crippen LogP contribution is -2.64. The zero-order valence-corrected chi connectivity index (χ0v) is 12.5. The van der Waals surface area contributed by atoms with Crippen LogP contribution in [0.5, 0.6) is 0 Å². The largest absolute Gasteiger partial charge is 0.381 e. The monoisotopic (exact) mass is 280 g/mol. The Balaban J connectivity index is 1.78. The van der Waals surface area contributed by atoms with Crippen molar-refractivity contribution in [2.45, 2.75) is 57.7 Å². The summed E-state index contributed by atoms with van der Waals surface area (Å²) in [5.41, 5.74) is -0.0358. The van der Waals surface area contributed by atoms with Crippen molar-refractivity contribution < 1.29 is 14.3 Å². The van der Waals surface area contributed by atoms with Gasteiger partial charge in [0.25, 0.3) is 0 Å². The van der Waals surface area contributed by atoms with E-state index in [1.54, 1.807) is 7.11 Å². The first kappa shape index (κ1) is 13.9. The molecule has 1 saturated heterocycles. The van der Waals surface area contributed by atoms with Crippen LogP contribution in [0.15, 0.2) is 0 Å². The number of carbonyl (C=O) groups is 2. The van der Waals surface area contributed by atoms with Gasteiger partial charge in [-0.3, -0.25) is 9.59 Å². The van der Waals surface area contributed by atoms with Gasteiger partial charge in [0.2, 0.25) is 11.8 Å². The van der Waals surface area contributed by atoms with Gasteiger partial charge in [-0.2, -0.15) is 0 Å². The van der Waals surface area contributed by atoms with Crippen LogP contribution >= 0.6 is 0 Å². The van der Waals surface area contributed by atoms with Crippen molar-refractivity contribution in [3.8, 4) is 0 Å². The lowest BCUT2D eigenvalue weighted by molar-refractivity contribution is -0.162. The average Bonchev–Trinajstić information content (AvgIpc) is 3.22. The molecule has 2 amide bonds. The van der Waals surface area contributed by atoms with Crippen LogP contribution in [0.1, 0.15) is 39.5 Å². The van der Waals surface area contributed by atoms with Gasteiger partial charge in [0.05, 0.1) is 6.10 Å². The second-order valence-corrected chi connectivity index (χ2v) is 6.96. The Morgan fingerprint density at radius 3 is 2.55 bits per heavy atom. The highest BCUT2D eigenvalue weighted by molar-refractivity contribution is 5.90. The molecule has 3 atom stereocenters. The van der Waals surface area contributed by atoms with E-state index >= 15 is 0 Å². The molecule has 1 N–H and O–H groups in total. The summed E-state index contributed by atoms with van der Waals surface area (Å²) in [5.74, 6) is 0.484. The molecule has 0 aromatic rings. The molecule has 1 aliphatic heterocycles. The Labute approximate surface area is 120 Å². The molecule has 0 bridgehead atoms. The minimum Gasteiger partial charge on any atom is -0.381 e. The van der Waals surface area contributed by atoms with Gasteiger partial charge < -0.3 is 15.0 Å². The fraction of sp³-hybridized carbons (Fsp3) is 0.867. The number of carbonyl (C=O) groups excluding carboxylic acids is 2. The molecule has 112 valence electrons. The summed E-state index contributed by atoms with van der Waals surface area (Å²) in [6, 6.07) is -0.101. The zero-order chi connectivity index (χ0) is 14.5. The summed E-state index contributed by atoms with van der Waals surface area (Å²) < 4.78 is 5.48. The highest BCUT2D eigenvalue weighted by Crippen LogP contribution is 2.46. The standard InChI is InChI=1S/C15H24N2O3/c1-15(2)10(8-11(15)20-3)17-7-6-12(18)16-13(14(17)19)9-4-5-9/h9-11,13H,4-8H2,1-3H3,(H,16,18). The van der Waals surface area contributed by atoms with E-state index in [1.807, 2.05) is 4.90 Å². The molecule has 3 fully saturated rings. The van der Waals surface area contributed by atoms with Crippen molar-refractivity contribution in [2.75, 3.05) is 13.7 Å². The summed E-state index contributed by atoms with van der Waals surface area (Å²) in [6.45, 7) is 4.84. The Morgan fingerprint density at radius 1 is 1.30 bits per heavy atom. The van der Waals surface area contributed by atoms with Crippen LogP contribution in [-0.4, -0.2) is 48.6 Å². The minimum absolute atomic E-state index is 0.0122. The number of rotatable bonds is 3. The molecule has 2 saturated carbocycles. The minimum atomic E-state index is -0.289. The van der Waals surface area contributed by atoms with Crippen molar-refractivity contribution in [3.63, 3.8) is 0 Å². The second-order valence-electron chi connectivity index (χ2n) is 6.96. The maximum Gasteiger partial charge on any atom is 0.245 e. The number of hydrogen-bond acceptors (Lipinski definition) is 3. The number of nitrogens with one attached hydrogen (secondary N) is 1. The maximum atomic E-state index is 12.8. The van der Waals surface area contributed by atoms with Gasteiger partial charge in [0.1, 0.15) is 6.04 Å². The summed E-state index contributed by atoms with van der Waals surface area (Å²) in [5, 5.41) is 2.91. The summed E-state index contributed by atoms with van der Waals surface area (Å²) in [7, 11) is 1.73. The van der Waals surface area contributed by atoms with Gasteiger partial charge in [0.15, 0.2) is 0 Å². The predicted molar refractivity (Wildman–Crippen MR) is 74.0 cm³/mol. The van der Waals surface area contributed by atoms with Crippen molar-refractivity contribution in [2.24, 2.45) is 11.3 Å². The molecule has 5 heteroatoms. The normalized spacial score (nSPS) is 37.1. The van der Waals surface area contributed by atoms with Crippen molar-refractivity contribution in [3.05, 3.63) is 0 Å². The average molecular weight is 280 g/mol. The summed E-state index contributed by atoms with van der Waals surface area (Å²) >= 11 is 0. The summed E-state index contributed by atoms with van der Waals surface area (Å²) in [4.78, 5) is 26.5. The van der Waals surface area contributed by atoms with E-state index in [-0.39, 0.29) is 35.4 Å². The number of methoxy groups -OCH3 is 1. The van der Waals surface area contributed by atoms with E-state index in [1.165, 1.54) is 0 Å². The third-order valence-electron chi connectivity index (χ3n) is 5.33. The van der Waals surface area contributed by atoms with Crippen LogP contribution < -0.4 is 5.32 Å². The molecule has 3 rings (SSSR count). The molecule has 0 aromatic heterocycles. The van der Waals surface area contributed by atoms with Crippen LogP contribution in [0.4, 0.5) is 0 Å². The van der Waals surface area contributed by atoms with E-state index in [2.05, 4.69) is 19.2 Å². The predicted octanol–water partition coefficient (Wildman–Crippen LogP) is 0.927. The van der Waals surface area contributed by atoms with Crippen LogP contribution in [0, 0.1) is 11.3 Å². The van der Waals surface area contributed by atoms with E-state index in [9.17, 15) is 9.59 Å². The first-order valence-corrected chi connectivity index (χ1v) is 7.57. The molecule has 0 spiro atoms. The summed E-state index contributed by atoms with van der Waals surface area (Å²) in [6.07, 6.45) is 3.60.